The summed E-state index contributed by atoms with van der Waals surface area (Å²) in [4.78, 5) is 12.9. The number of halogens is 1. The number of anilines is 2. The van der Waals surface area contributed by atoms with E-state index in [2.05, 4.69) is 5.32 Å². The number of rotatable bonds is 8. The van der Waals surface area contributed by atoms with Crippen LogP contribution in [0.4, 0.5) is 11.4 Å². The number of benzene rings is 3. The van der Waals surface area contributed by atoms with Gasteiger partial charge in [0, 0.05) is 10.7 Å². The van der Waals surface area contributed by atoms with Crippen LogP contribution in [0.15, 0.2) is 65.6 Å². The Morgan fingerprint density at radius 1 is 0.970 bits per heavy atom. The Hall–Kier alpha value is -3.23. The van der Waals surface area contributed by atoms with Crippen molar-refractivity contribution in [3.63, 3.8) is 0 Å². The molecule has 174 valence electrons. The summed E-state index contributed by atoms with van der Waals surface area (Å²) in [5.41, 5.74) is 2.35. The quantitative estimate of drug-likeness (QED) is 0.492. The first-order valence-electron chi connectivity index (χ1n) is 10.0. The lowest BCUT2D eigenvalue weighted by molar-refractivity contribution is -0.114. The van der Waals surface area contributed by atoms with Gasteiger partial charge in [0.05, 0.1) is 19.9 Å². The van der Waals surface area contributed by atoms with E-state index in [0.717, 1.165) is 15.4 Å². The lowest BCUT2D eigenvalue weighted by atomic mass is 10.2. The summed E-state index contributed by atoms with van der Waals surface area (Å²) in [5.74, 6) is 0.241. The fourth-order valence-corrected chi connectivity index (χ4v) is 5.15. The van der Waals surface area contributed by atoms with E-state index < -0.39 is 22.5 Å². The number of hydrogen-bond donors (Lipinski definition) is 1. The van der Waals surface area contributed by atoms with Gasteiger partial charge in [-0.3, -0.25) is 9.10 Å². The largest absolute Gasteiger partial charge is 0.497 e. The highest BCUT2D eigenvalue weighted by molar-refractivity contribution is 7.93. The first-order chi connectivity index (χ1) is 15.6. The van der Waals surface area contributed by atoms with E-state index in [1.165, 1.54) is 20.3 Å². The van der Waals surface area contributed by atoms with E-state index in [-0.39, 0.29) is 10.6 Å². The second kappa shape index (κ2) is 10.1. The number of nitrogens with one attached hydrogen (secondary N) is 1. The maximum Gasteiger partial charge on any atom is 0.268 e. The summed E-state index contributed by atoms with van der Waals surface area (Å²) >= 11 is 5.99. The highest BCUT2D eigenvalue weighted by Crippen LogP contribution is 2.32. The zero-order valence-electron chi connectivity index (χ0n) is 18.8. The maximum atomic E-state index is 13.7. The van der Waals surface area contributed by atoms with Gasteiger partial charge in [0.25, 0.3) is 10.0 Å². The summed E-state index contributed by atoms with van der Waals surface area (Å²) in [6.07, 6.45) is 0. The molecule has 1 amide bonds. The van der Waals surface area contributed by atoms with Crippen molar-refractivity contribution >= 4 is 38.9 Å². The minimum Gasteiger partial charge on any atom is -0.497 e. The molecule has 0 saturated heterocycles. The lowest BCUT2D eigenvalue weighted by Gasteiger charge is -2.25. The molecule has 0 unspecified atom stereocenters. The van der Waals surface area contributed by atoms with Gasteiger partial charge in [-0.15, -0.1) is 0 Å². The standard InChI is InChI=1S/C24H25ClN2O5S/c1-16-5-12-22(32-4)23(13-16)33(29,30)27(19-7-9-20(31-3)10-8-19)15-24(28)26-21-11-6-18(25)14-17(21)2/h5-14H,15H2,1-4H3,(H,26,28). The van der Waals surface area contributed by atoms with Gasteiger partial charge >= 0.3 is 0 Å². The highest BCUT2D eigenvalue weighted by atomic mass is 35.5. The van der Waals surface area contributed by atoms with Crippen molar-refractivity contribution in [1.29, 1.82) is 0 Å². The molecule has 0 aliphatic heterocycles. The molecule has 9 heteroatoms. The third kappa shape index (κ3) is 5.58. The fraction of sp³-hybridized carbons (Fsp3) is 0.208. The molecule has 0 saturated carbocycles. The topological polar surface area (TPSA) is 84.9 Å². The highest BCUT2D eigenvalue weighted by Gasteiger charge is 2.30. The van der Waals surface area contributed by atoms with Gasteiger partial charge in [-0.25, -0.2) is 8.42 Å². The monoisotopic (exact) mass is 488 g/mol. The minimum absolute atomic E-state index is 0.0312. The Morgan fingerprint density at radius 3 is 2.27 bits per heavy atom. The average molecular weight is 489 g/mol. The number of methoxy groups -OCH3 is 2. The molecule has 0 atom stereocenters. The molecule has 33 heavy (non-hydrogen) atoms. The average Bonchev–Trinajstić information content (AvgIpc) is 2.79. The van der Waals surface area contributed by atoms with Gasteiger partial charge in [-0.2, -0.15) is 0 Å². The van der Waals surface area contributed by atoms with Crippen LogP contribution < -0.4 is 19.1 Å². The Balaban J connectivity index is 2.02. The number of ether oxygens (including phenoxy) is 2. The third-order valence-corrected chi connectivity index (χ3v) is 7.03. The zero-order chi connectivity index (χ0) is 24.2. The van der Waals surface area contributed by atoms with Crippen LogP contribution in [0.25, 0.3) is 0 Å². The Morgan fingerprint density at radius 2 is 1.67 bits per heavy atom. The number of aryl methyl sites for hydroxylation is 2. The van der Waals surface area contributed by atoms with Crippen molar-refractivity contribution in [2.45, 2.75) is 18.7 Å². The molecule has 0 radical (unpaired) electrons. The van der Waals surface area contributed by atoms with Crippen molar-refractivity contribution < 1.29 is 22.7 Å². The molecule has 3 aromatic rings. The van der Waals surface area contributed by atoms with E-state index in [9.17, 15) is 13.2 Å². The molecule has 7 nitrogen and oxygen atoms in total. The van der Waals surface area contributed by atoms with Gasteiger partial charge in [0.15, 0.2) is 0 Å². The van der Waals surface area contributed by atoms with E-state index in [0.29, 0.717) is 22.1 Å². The first-order valence-corrected chi connectivity index (χ1v) is 11.8. The van der Waals surface area contributed by atoms with Gasteiger partial charge in [-0.05, 0) is 79.6 Å². The van der Waals surface area contributed by atoms with Crippen molar-refractivity contribution in [3.05, 3.63) is 76.8 Å². The summed E-state index contributed by atoms with van der Waals surface area (Å²) in [6, 6.07) is 16.3. The number of nitrogens with zero attached hydrogens (tertiary/aromatic N) is 1. The summed E-state index contributed by atoms with van der Waals surface area (Å²) in [5, 5.41) is 3.31. The number of sulfonamides is 1. The third-order valence-electron chi connectivity index (χ3n) is 5.00. The van der Waals surface area contributed by atoms with Crippen molar-refractivity contribution in [2.75, 3.05) is 30.4 Å². The smallest absolute Gasteiger partial charge is 0.268 e. The predicted molar refractivity (Wildman–Crippen MR) is 130 cm³/mol. The number of carbonyl (C=O) groups excluding carboxylic acids is 1. The predicted octanol–water partition coefficient (Wildman–Crippen LogP) is 4.81. The van der Waals surface area contributed by atoms with Crippen molar-refractivity contribution in [2.24, 2.45) is 0 Å². The fourth-order valence-electron chi connectivity index (χ4n) is 3.26. The summed E-state index contributed by atoms with van der Waals surface area (Å²) in [6.45, 7) is 3.14. The van der Waals surface area contributed by atoms with Crippen LogP contribution in [0.3, 0.4) is 0 Å². The van der Waals surface area contributed by atoms with Crippen LogP contribution in [0.2, 0.25) is 5.02 Å². The zero-order valence-corrected chi connectivity index (χ0v) is 20.3. The summed E-state index contributed by atoms with van der Waals surface area (Å²) < 4.78 is 39.0. The van der Waals surface area contributed by atoms with Gasteiger partial charge < -0.3 is 14.8 Å². The maximum absolute atomic E-state index is 13.7. The molecule has 3 rings (SSSR count). The molecular formula is C24H25ClN2O5S. The van der Waals surface area contributed by atoms with Gasteiger partial charge in [0.2, 0.25) is 5.91 Å². The lowest BCUT2D eigenvalue weighted by Crippen LogP contribution is -2.38. The van der Waals surface area contributed by atoms with E-state index in [1.807, 2.05) is 0 Å². The minimum atomic E-state index is -4.16. The molecule has 0 spiro atoms. The number of hydrogen-bond acceptors (Lipinski definition) is 5. The molecule has 1 N–H and O–H groups in total. The molecular weight excluding hydrogens is 464 g/mol. The molecule has 0 bridgehead atoms. The van der Waals surface area contributed by atoms with Crippen LogP contribution in [-0.2, 0) is 14.8 Å². The second-order valence-corrected chi connectivity index (χ2v) is 9.64. The van der Waals surface area contributed by atoms with E-state index >= 15 is 0 Å². The number of carbonyl (C=O) groups is 1. The van der Waals surface area contributed by atoms with E-state index in [1.54, 1.807) is 68.4 Å². The number of amides is 1. The van der Waals surface area contributed by atoms with Gasteiger partial charge in [0.1, 0.15) is 22.9 Å². The molecule has 0 aliphatic carbocycles. The second-order valence-electron chi connectivity index (χ2n) is 7.37. The molecule has 0 aliphatic rings. The molecule has 0 fully saturated rings. The molecule has 3 aromatic carbocycles. The molecule has 0 heterocycles. The molecule has 0 aromatic heterocycles. The Bertz CT molecular complexity index is 1260. The SMILES string of the molecule is COc1ccc(N(CC(=O)Nc2ccc(Cl)cc2C)S(=O)(=O)c2cc(C)ccc2OC)cc1. The normalized spacial score (nSPS) is 11.1. The van der Waals surface area contributed by atoms with Crippen LogP contribution in [0.1, 0.15) is 11.1 Å². The van der Waals surface area contributed by atoms with Crippen LogP contribution in [0.5, 0.6) is 11.5 Å². The van der Waals surface area contributed by atoms with Crippen molar-refractivity contribution in [1.82, 2.24) is 0 Å². The van der Waals surface area contributed by atoms with Crippen LogP contribution in [-0.4, -0.2) is 35.1 Å². The van der Waals surface area contributed by atoms with Crippen LogP contribution >= 0.6 is 11.6 Å². The first kappa shape index (κ1) is 24.4. The van der Waals surface area contributed by atoms with Crippen LogP contribution in [0, 0.1) is 13.8 Å². The van der Waals surface area contributed by atoms with E-state index in [4.69, 9.17) is 21.1 Å². The summed E-state index contributed by atoms with van der Waals surface area (Å²) in [7, 11) is -1.24. The van der Waals surface area contributed by atoms with Gasteiger partial charge in [-0.1, -0.05) is 17.7 Å². The van der Waals surface area contributed by atoms with Crippen molar-refractivity contribution in [3.8, 4) is 11.5 Å². The Labute approximate surface area is 198 Å². The Kier molecular flexibility index (Phi) is 7.50.